The maximum absolute atomic E-state index is 9.64. The third-order valence-corrected chi connectivity index (χ3v) is 1.46. The van der Waals surface area contributed by atoms with Gasteiger partial charge in [-0.15, -0.1) is 0 Å². The highest BCUT2D eigenvalue weighted by molar-refractivity contribution is 5.75. The van der Waals surface area contributed by atoms with E-state index in [1.165, 1.54) is 0 Å². The van der Waals surface area contributed by atoms with E-state index in [0.717, 1.165) is 13.2 Å². The van der Waals surface area contributed by atoms with Crippen molar-refractivity contribution >= 4 is 11.9 Å². The number of hydrogen-bond donors (Lipinski definition) is 2. The van der Waals surface area contributed by atoms with Gasteiger partial charge in [0.05, 0.1) is 12.8 Å². The molecule has 5 nitrogen and oxygen atoms in total. The fourth-order valence-corrected chi connectivity index (χ4v) is 0.753. The minimum Gasteiger partial charge on any atom is -0.481 e. The summed E-state index contributed by atoms with van der Waals surface area (Å²) >= 11 is 0. The monoisotopic (exact) mass is 248 g/mol. The Morgan fingerprint density at radius 2 is 1.18 bits per heavy atom. The lowest BCUT2D eigenvalue weighted by Crippen LogP contribution is -2.06. The zero-order chi connectivity index (χ0) is 13.8. The zero-order valence-electron chi connectivity index (χ0n) is 11.1. The molecule has 0 fully saturated rings. The number of carboxylic acid groups (broad SMARTS) is 2. The quantitative estimate of drug-likeness (QED) is 0.722. The molecular weight excluding hydrogens is 224 g/mol. The van der Waals surface area contributed by atoms with E-state index in [2.05, 4.69) is 27.7 Å². The fourth-order valence-electron chi connectivity index (χ4n) is 0.753. The van der Waals surface area contributed by atoms with Crippen LogP contribution in [0.25, 0.3) is 0 Å². The molecular formula is C12H24O5. The Morgan fingerprint density at radius 3 is 1.35 bits per heavy atom. The minimum absolute atomic E-state index is 0.296. The molecule has 5 heteroatoms. The molecule has 0 radical (unpaired) electrons. The number of rotatable bonds is 7. The standard InChI is InChI=1S/C8H18O.C4H6O4/c1-7(2)5-9-6-8(3)4;5-3(6)1-2-4(7)8/h7-8H,5-6H2,1-4H3;1-2H2,(H,5,6)(H,7,8). The summed E-state index contributed by atoms with van der Waals surface area (Å²) in [5.41, 5.74) is 0. The molecule has 0 spiro atoms. The summed E-state index contributed by atoms with van der Waals surface area (Å²) in [7, 11) is 0. The van der Waals surface area contributed by atoms with Crippen LogP contribution in [-0.2, 0) is 14.3 Å². The van der Waals surface area contributed by atoms with Gasteiger partial charge in [0.1, 0.15) is 0 Å². The molecule has 0 unspecified atom stereocenters. The van der Waals surface area contributed by atoms with Gasteiger partial charge in [-0.1, -0.05) is 27.7 Å². The SMILES string of the molecule is CC(C)COCC(C)C.O=C(O)CCC(=O)O. The number of carboxylic acids is 2. The summed E-state index contributed by atoms with van der Waals surface area (Å²) in [6, 6.07) is 0. The fraction of sp³-hybridized carbons (Fsp3) is 0.833. The van der Waals surface area contributed by atoms with E-state index in [1.54, 1.807) is 0 Å². The first kappa shape index (κ1) is 18.3. The number of hydrogen-bond acceptors (Lipinski definition) is 3. The van der Waals surface area contributed by atoms with Crippen LogP contribution in [0.3, 0.4) is 0 Å². The van der Waals surface area contributed by atoms with E-state index >= 15 is 0 Å². The molecule has 0 atom stereocenters. The van der Waals surface area contributed by atoms with Crippen molar-refractivity contribution in [1.82, 2.24) is 0 Å². The van der Waals surface area contributed by atoms with Gasteiger partial charge in [-0.25, -0.2) is 0 Å². The van der Waals surface area contributed by atoms with Crippen LogP contribution in [0.2, 0.25) is 0 Å². The first-order chi connectivity index (χ1) is 7.75. The van der Waals surface area contributed by atoms with E-state index in [1.807, 2.05) is 0 Å². The molecule has 0 aliphatic rings. The van der Waals surface area contributed by atoms with Gasteiger partial charge in [0.15, 0.2) is 0 Å². The lowest BCUT2D eigenvalue weighted by Gasteiger charge is -2.07. The first-order valence-electron chi connectivity index (χ1n) is 5.77. The summed E-state index contributed by atoms with van der Waals surface area (Å²) < 4.78 is 5.36. The van der Waals surface area contributed by atoms with Gasteiger partial charge in [-0.3, -0.25) is 9.59 Å². The average Bonchev–Trinajstić information content (AvgIpc) is 2.14. The smallest absolute Gasteiger partial charge is 0.303 e. The Kier molecular flexibility index (Phi) is 12.2. The van der Waals surface area contributed by atoms with Gasteiger partial charge in [-0.05, 0) is 11.8 Å². The van der Waals surface area contributed by atoms with E-state index in [-0.39, 0.29) is 12.8 Å². The Hall–Kier alpha value is -1.10. The van der Waals surface area contributed by atoms with Gasteiger partial charge in [-0.2, -0.15) is 0 Å². The second-order valence-electron chi connectivity index (χ2n) is 4.61. The molecule has 0 heterocycles. The molecule has 0 amide bonds. The number of aliphatic carboxylic acids is 2. The van der Waals surface area contributed by atoms with Crippen LogP contribution in [0.1, 0.15) is 40.5 Å². The molecule has 0 aromatic heterocycles. The van der Waals surface area contributed by atoms with Gasteiger partial charge in [0.25, 0.3) is 0 Å². The first-order valence-corrected chi connectivity index (χ1v) is 5.77. The topological polar surface area (TPSA) is 83.8 Å². The Bertz CT molecular complexity index is 189. The van der Waals surface area contributed by atoms with Crippen molar-refractivity contribution in [3.63, 3.8) is 0 Å². The predicted octanol–water partition coefficient (Wildman–Crippen LogP) is 2.25. The highest BCUT2D eigenvalue weighted by Crippen LogP contribution is 1.96. The molecule has 0 saturated carbocycles. The van der Waals surface area contributed by atoms with Crippen molar-refractivity contribution < 1.29 is 24.5 Å². The van der Waals surface area contributed by atoms with Crippen molar-refractivity contribution in [3.8, 4) is 0 Å². The highest BCUT2D eigenvalue weighted by atomic mass is 16.5. The van der Waals surface area contributed by atoms with Gasteiger partial charge in [0, 0.05) is 13.2 Å². The van der Waals surface area contributed by atoms with Crippen LogP contribution in [0, 0.1) is 11.8 Å². The lowest BCUT2D eigenvalue weighted by atomic mass is 10.2. The molecule has 0 bridgehead atoms. The van der Waals surface area contributed by atoms with Crippen LogP contribution in [0.5, 0.6) is 0 Å². The Morgan fingerprint density at radius 1 is 0.882 bits per heavy atom. The van der Waals surface area contributed by atoms with E-state index < -0.39 is 11.9 Å². The van der Waals surface area contributed by atoms with Crippen LogP contribution in [0.4, 0.5) is 0 Å². The van der Waals surface area contributed by atoms with Gasteiger partial charge < -0.3 is 14.9 Å². The zero-order valence-corrected chi connectivity index (χ0v) is 11.1. The lowest BCUT2D eigenvalue weighted by molar-refractivity contribution is -0.143. The average molecular weight is 248 g/mol. The van der Waals surface area contributed by atoms with E-state index in [9.17, 15) is 9.59 Å². The van der Waals surface area contributed by atoms with Crippen LogP contribution in [-0.4, -0.2) is 35.4 Å². The summed E-state index contributed by atoms with van der Waals surface area (Å²) in [5, 5.41) is 15.8. The van der Waals surface area contributed by atoms with Crippen LogP contribution < -0.4 is 0 Å². The summed E-state index contributed by atoms with van der Waals surface area (Å²) in [5.74, 6) is -0.813. The van der Waals surface area contributed by atoms with Crippen LogP contribution in [0.15, 0.2) is 0 Å². The molecule has 0 aromatic rings. The van der Waals surface area contributed by atoms with Crippen molar-refractivity contribution in [2.45, 2.75) is 40.5 Å². The van der Waals surface area contributed by atoms with Crippen molar-refractivity contribution in [3.05, 3.63) is 0 Å². The van der Waals surface area contributed by atoms with E-state index in [4.69, 9.17) is 14.9 Å². The maximum Gasteiger partial charge on any atom is 0.303 e. The highest BCUT2D eigenvalue weighted by Gasteiger charge is 2.00. The second kappa shape index (κ2) is 11.4. The Labute approximate surface area is 103 Å². The normalized spacial score (nSPS) is 10.0. The molecule has 102 valence electrons. The molecule has 0 aliphatic heterocycles. The van der Waals surface area contributed by atoms with Crippen molar-refractivity contribution in [1.29, 1.82) is 0 Å². The molecule has 2 N–H and O–H groups in total. The summed E-state index contributed by atoms with van der Waals surface area (Å²) in [6.07, 6.45) is -0.593. The molecule has 17 heavy (non-hydrogen) atoms. The molecule has 0 saturated heterocycles. The van der Waals surface area contributed by atoms with Crippen LogP contribution >= 0.6 is 0 Å². The van der Waals surface area contributed by atoms with E-state index in [0.29, 0.717) is 11.8 Å². The molecule has 0 aromatic carbocycles. The number of carbonyl (C=O) groups is 2. The van der Waals surface area contributed by atoms with Crippen molar-refractivity contribution in [2.24, 2.45) is 11.8 Å². The van der Waals surface area contributed by atoms with Crippen molar-refractivity contribution in [2.75, 3.05) is 13.2 Å². The predicted molar refractivity (Wildman–Crippen MR) is 65.0 cm³/mol. The third-order valence-electron chi connectivity index (χ3n) is 1.46. The second-order valence-corrected chi connectivity index (χ2v) is 4.61. The Balaban J connectivity index is 0. The number of ether oxygens (including phenoxy) is 1. The molecule has 0 rings (SSSR count). The minimum atomic E-state index is -1.08. The summed E-state index contributed by atoms with van der Waals surface area (Å²) in [6.45, 7) is 10.5. The molecule has 0 aliphatic carbocycles. The third kappa shape index (κ3) is 25.3. The van der Waals surface area contributed by atoms with Gasteiger partial charge >= 0.3 is 11.9 Å². The summed E-state index contributed by atoms with van der Waals surface area (Å²) in [4.78, 5) is 19.3. The van der Waals surface area contributed by atoms with Gasteiger partial charge in [0.2, 0.25) is 0 Å². The largest absolute Gasteiger partial charge is 0.481 e. The maximum atomic E-state index is 9.64.